The first-order valence-electron chi connectivity index (χ1n) is 3.25. The zero-order valence-corrected chi connectivity index (χ0v) is 6.30. The number of carbonyl (C=O) groups excluding carboxylic acids is 1. The van der Waals surface area contributed by atoms with E-state index in [-0.39, 0.29) is 6.29 Å². The van der Waals surface area contributed by atoms with Crippen LogP contribution in [0, 0.1) is 5.82 Å². The highest BCUT2D eigenvalue weighted by Crippen LogP contribution is 2.22. The minimum atomic E-state index is -2.94. The number of pyridine rings is 1. The van der Waals surface area contributed by atoms with Gasteiger partial charge in [-0.1, -0.05) is 0 Å². The van der Waals surface area contributed by atoms with Crippen molar-refractivity contribution in [3.8, 4) is 0 Å². The Balaban J connectivity index is 3.32. The number of halogens is 3. The molecule has 0 unspecified atom stereocenters. The molecule has 2 N–H and O–H groups in total. The molecular formula is C7H5F3N2O. The number of aromatic nitrogens is 1. The van der Waals surface area contributed by atoms with Gasteiger partial charge in [0.2, 0.25) is 0 Å². The fourth-order valence-corrected chi connectivity index (χ4v) is 0.801. The lowest BCUT2D eigenvalue weighted by molar-refractivity contribution is 0.110. The van der Waals surface area contributed by atoms with Crippen LogP contribution in [0.1, 0.15) is 22.5 Å². The minimum Gasteiger partial charge on any atom is -0.381 e. The topological polar surface area (TPSA) is 56.0 Å². The molecule has 6 heteroatoms. The first kappa shape index (κ1) is 9.50. The molecule has 0 amide bonds. The summed E-state index contributed by atoms with van der Waals surface area (Å²) >= 11 is 0. The SMILES string of the molecule is Nc1nc(C(F)F)c(C=O)cc1F. The molecular weight excluding hydrogens is 185 g/mol. The van der Waals surface area contributed by atoms with Gasteiger partial charge in [-0.3, -0.25) is 4.79 Å². The average molecular weight is 190 g/mol. The van der Waals surface area contributed by atoms with Gasteiger partial charge in [-0.25, -0.2) is 18.2 Å². The standard InChI is InChI=1S/C7H5F3N2O/c8-4-1-3(2-13)5(6(9)10)12-7(4)11/h1-2,6H,(H2,11,12). The number of carbonyl (C=O) groups is 1. The Morgan fingerprint density at radius 2 is 2.15 bits per heavy atom. The zero-order chi connectivity index (χ0) is 10.0. The van der Waals surface area contributed by atoms with E-state index < -0.39 is 29.3 Å². The van der Waals surface area contributed by atoms with Crippen molar-refractivity contribution in [1.82, 2.24) is 4.98 Å². The Morgan fingerprint density at radius 1 is 1.54 bits per heavy atom. The molecule has 0 saturated heterocycles. The molecule has 0 spiro atoms. The Bertz CT molecular complexity index is 341. The second-order valence-electron chi connectivity index (χ2n) is 2.25. The monoisotopic (exact) mass is 190 g/mol. The highest BCUT2D eigenvalue weighted by atomic mass is 19.3. The summed E-state index contributed by atoms with van der Waals surface area (Å²) in [7, 11) is 0. The van der Waals surface area contributed by atoms with Gasteiger partial charge in [-0.05, 0) is 6.07 Å². The van der Waals surface area contributed by atoms with E-state index in [1.807, 2.05) is 0 Å². The number of alkyl halides is 2. The molecule has 0 bridgehead atoms. The van der Waals surface area contributed by atoms with Crippen LogP contribution in [0.3, 0.4) is 0 Å². The highest BCUT2D eigenvalue weighted by Gasteiger charge is 2.17. The number of nitrogen functional groups attached to an aromatic ring is 1. The van der Waals surface area contributed by atoms with Crippen molar-refractivity contribution >= 4 is 12.1 Å². The molecule has 1 rings (SSSR count). The maximum Gasteiger partial charge on any atom is 0.281 e. The van der Waals surface area contributed by atoms with Crippen molar-refractivity contribution in [1.29, 1.82) is 0 Å². The molecule has 0 saturated carbocycles. The number of rotatable bonds is 2. The fraction of sp³-hybridized carbons (Fsp3) is 0.143. The van der Waals surface area contributed by atoms with E-state index in [2.05, 4.69) is 4.98 Å². The molecule has 0 fully saturated rings. The fourth-order valence-electron chi connectivity index (χ4n) is 0.801. The molecule has 13 heavy (non-hydrogen) atoms. The number of aldehydes is 1. The van der Waals surface area contributed by atoms with Crippen molar-refractivity contribution < 1.29 is 18.0 Å². The third-order valence-electron chi connectivity index (χ3n) is 1.40. The van der Waals surface area contributed by atoms with E-state index in [9.17, 15) is 18.0 Å². The van der Waals surface area contributed by atoms with Gasteiger partial charge in [0.15, 0.2) is 17.9 Å². The van der Waals surface area contributed by atoms with E-state index >= 15 is 0 Å². The van der Waals surface area contributed by atoms with Gasteiger partial charge < -0.3 is 5.73 Å². The van der Waals surface area contributed by atoms with Crippen LogP contribution in [0.25, 0.3) is 0 Å². The maximum atomic E-state index is 12.6. The molecule has 0 aromatic carbocycles. The van der Waals surface area contributed by atoms with Crippen molar-refractivity contribution in [3.05, 3.63) is 23.1 Å². The number of anilines is 1. The predicted octanol–water partition coefficient (Wildman–Crippen LogP) is 1.55. The molecule has 1 aromatic heterocycles. The molecule has 3 nitrogen and oxygen atoms in total. The number of nitrogens with zero attached hydrogens (tertiary/aromatic N) is 1. The van der Waals surface area contributed by atoms with Crippen LogP contribution in [0.5, 0.6) is 0 Å². The second-order valence-corrected chi connectivity index (χ2v) is 2.25. The van der Waals surface area contributed by atoms with Crippen LogP contribution in [0.4, 0.5) is 19.0 Å². The van der Waals surface area contributed by atoms with Crippen molar-refractivity contribution in [2.75, 3.05) is 5.73 Å². The van der Waals surface area contributed by atoms with Gasteiger partial charge in [0.1, 0.15) is 5.69 Å². The molecule has 0 radical (unpaired) electrons. The van der Waals surface area contributed by atoms with Crippen LogP contribution in [-0.2, 0) is 0 Å². The zero-order valence-electron chi connectivity index (χ0n) is 6.30. The van der Waals surface area contributed by atoms with Gasteiger partial charge in [0.05, 0.1) is 0 Å². The van der Waals surface area contributed by atoms with Gasteiger partial charge in [-0.15, -0.1) is 0 Å². The number of hydrogen-bond acceptors (Lipinski definition) is 3. The van der Waals surface area contributed by atoms with E-state index in [1.54, 1.807) is 0 Å². The van der Waals surface area contributed by atoms with Crippen molar-refractivity contribution in [3.63, 3.8) is 0 Å². The van der Waals surface area contributed by atoms with Gasteiger partial charge in [0.25, 0.3) is 6.43 Å². The Hall–Kier alpha value is -1.59. The number of hydrogen-bond donors (Lipinski definition) is 1. The maximum absolute atomic E-state index is 12.6. The van der Waals surface area contributed by atoms with Gasteiger partial charge in [-0.2, -0.15) is 0 Å². The lowest BCUT2D eigenvalue weighted by atomic mass is 10.2. The molecule has 0 atom stereocenters. The predicted molar refractivity (Wildman–Crippen MR) is 39.0 cm³/mol. The van der Waals surface area contributed by atoms with E-state index in [1.165, 1.54) is 0 Å². The summed E-state index contributed by atoms with van der Waals surface area (Å²) in [5.41, 5.74) is 3.66. The summed E-state index contributed by atoms with van der Waals surface area (Å²) in [4.78, 5) is 13.3. The highest BCUT2D eigenvalue weighted by molar-refractivity contribution is 5.77. The Kier molecular flexibility index (Phi) is 2.50. The Morgan fingerprint density at radius 3 is 2.62 bits per heavy atom. The molecule has 0 aliphatic carbocycles. The molecule has 70 valence electrons. The van der Waals surface area contributed by atoms with E-state index in [4.69, 9.17) is 5.73 Å². The van der Waals surface area contributed by atoms with Crippen LogP contribution in [-0.4, -0.2) is 11.3 Å². The first-order valence-corrected chi connectivity index (χ1v) is 3.25. The van der Waals surface area contributed by atoms with Crippen LogP contribution in [0.15, 0.2) is 6.07 Å². The number of nitrogens with two attached hydrogens (primary N) is 1. The summed E-state index contributed by atoms with van der Waals surface area (Å²) < 4.78 is 36.9. The van der Waals surface area contributed by atoms with Crippen molar-refractivity contribution in [2.45, 2.75) is 6.43 Å². The molecule has 1 heterocycles. The third-order valence-corrected chi connectivity index (χ3v) is 1.40. The van der Waals surface area contributed by atoms with Gasteiger partial charge in [0, 0.05) is 5.56 Å². The first-order chi connectivity index (χ1) is 6.06. The summed E-state index contributed by atoms with van der Waals surface area (Å²) in [5, 5.41) is 0. The summed E-state index contributed by atoms with van der Waals surface area (Å²) in [5.74, 6) is -1.62. The summed E-state index contributed by atoms with van der Waals surface area (Å²) in [6.45, 7) is 0. The normalized spacial score (nSPS) is 10.5. The van der Waals surface area contributed by atoms with Crippen LogP contribution in [0.2, 0.25) is 0 Å². The van der Waals surface area contributed by atoms with E-state index in [0.717, 1.165) is 0 Å². The lowest BCUT2D eigenvalue weighted by Gasteiger charge is -2.03. The molecule has 0 aliphatic heterocycles. The quantitative estimate of drug-likeness (QED) is 0.720. The molecule has 0 aliphatic rings. The van der Waals surface area contributed by atoms with Crippen molar-refractivity contribution in [2.24, 2.45) is 0 Å². The average Bonchev–Trinajstić information content (AvgIpc) is 2.08. The van der Waals surface area contributed by atoms with Crippen LogP contribution >= 0.6 is 0 Å². The smallest absolute Gasteiger partial charge is 0.281 e. The minimum absolute atomic E-state index is 0.108. The third kappa shape index (κ3) is 1.77. The summed E-state index contributed by atoms with van der Waals surface area (Å²) in [6, 6.07) is 0.636. The largest absolute Gasteiger partial charge is 0.381 e. The lowest BCUT2D eigenvalue weighted by Crippen LogP contribution is -2.04. The van der Waals surface area contributed by atoms with Gasteiger partial charge >= 0.3 is 0 Å². The van der Waals surface area contributed by atoms with Crippen LogP contribution < -0.4 is 5.73 Å². The summed E-state index contributed by atoms with van der Waals surface area (Å²) in [6.07, 6.45) is -2.83. The second kappa shape index (κ2) is 3.42. The molecule has 1 aromatic rings. The van der Waals surface area contributed by atoms with E-state index in [0.29, 0.717) is 6.07 Å². The Labute approximate surface area is 71.4 Å².